The lowest BCUT2D eigenvalue weighted by atomic mass is 9.57. The fourth-order valence-electron chi connectivity index (χ4n) is 6.44. The van der Waals surface area contributed by atoms with Gasteiger partial charge in [0.1, 0.15) is 17.8 Å². The second-order valence-corrected chi connectivity index (χ2v) is 12.1. The number of aromatic nitrogens is 4. The minimum absolute atomic E-state index is 0.177. The zero-order valence-electron chi connectivity index (χ0n) is 23.3. The number of pyridine rings is 1. The first kappa shape index (κ1) is 26.4. The first-order valence-electron chi connectivity index (χ1n) is 14.0. The van der Waals surface area contributed by atoms with E-state index in [9.17, 15) is 10.1 Å². The van der Waals surface area contributed by atoms with Gasteiger partial charge in [0.2, 0.25) is 0 Å². The molecule has 1 aromatic carbocycles. The van der Waals surface area contributed by atoms with Gasteiger partial charge < -0.3 is 25.3 Å². The van der Waals surface area contributed by atoms with E-state index >= 15 is 0 Å². The number of amides is 1. The van der Waals surface area contributed by atoms with Crippen LogP contribution in [0.1, 0.15) is 72.7 Å². The number of nitriles is 1. The molecule has 3 aromatic rings. The highest BCUT2D eigenvalue weighted by atomic mass is 16.5. The molecule has 2 aromatic heterocycles. The smallest absolute Gasteiger partial charge is 0.274 e. The molecule has 0 unspecified atom stereocenters. The van der Waals surface area contributed by atoms with Crippen LogP contribution in [0.5, 0.6) is 0 Å². The lowest BCUT2D eigenvalue weighted by Gasteiger charge is -2.46. The van der Waals surface area contributed by atoms with Crippen molar-refractivity contribution in [3.8, 4) is 6.07 Å². The lowest BCUT2D eigenvalue weighted by Crippen LogP contribution is -2.44. The molecule has 208 valence electrons. The average molecular weight is 541 g/mol. The molecular formula is C30H36N8O2. The van der Waals surface area contributed by atoms with E-state index in [0.29, 0.717) is 42.9 Å². The zero-order valence-corrected chi connectivity index (χ0v) is 23.3. The van der Waals surface area contributed by atoms with Crippen LogP contribution < -0.4 is 16.0 Å². The molecule has 2 fully saturated rings. The van der Waals surface area contributed by atoms with E-state index in [2.05, 4.69) is 52.1 Å². The number of carbonyl (C=O) groups is 1. The monoisotopic (exact) mass is 540 g/mol. The van der Waals surface area contributed by atoms with Gasteiger partial charge >= 0.3 is 0 Å². The molecule has 10 nitrogen and oxygen atoms in total. The van der Waals surface area contributed by atoms with E-state index in [0.717, 1.165) is 60.7 Å². The van der Waals surface area contributed by atoms with E-state index in [4.69, 9.17) is 9.72 Å². The molecule has 4 heterocycles. The van der Waals surface area contributed by atoms with Crippen LogP contribution in [0.3, 0.4) is 0 Å². The van der Waals surface area contributed by atoms with Crippen molar-refractivity contribution < 1.29 is 9.53 Å². The fourth-order valence-corrected chi connectivity index (χ4v) is 6.44. The Morgan fingerprint density at radius 2 is 2.15 bits per heavy atom. The van der Waals surface area contributed by atoms with E-state index in [-0.39, 0.29) is 16.7 Å². The SMILES string of the molecule is Cn1cnnc1[C@]1(c2cccc(NC(=O)c3cc(CN[C@@H]4CCOC4)c4c(n3)C(C)(C)CN4)c2)C[C@H](CC#N)C1. The largest absolute Gasteiger partial charge is 0.382 e. The number of hydrogen-bond acceptors (Lipinski definition) is 8. The highest BCUT2D eigenvalue weighted by Gasteiger charge is 2.49. The van der Waals surface area contributed by atoms with Crippen LogP contribution in [0.15, 0.2) is 36.7 Å². The van der Waals surface area contributed by atoms with Gasteiger partial charge in [0.15, 0.2) is 0 Å². The number of hydrogen-bond donors (Lipinski definition) is 3. The molecule has 1 atom stereocenters. The summed E-state index contributed by atoms with van der Waals surface area (Å²) in [5, 5.41) is 28.0. The van der Waals surface area contributed by atoms with Crippen molar-refractivity contribution in [3.63, 3.8) is 0 Å². The second-order valence-electron chi connectivity index (χ2n) is 12.1. The molecule has 0 radical (unpaired) electrons. The van der Waals surface area contributed by atoms with Crippen LogP contribution in [0.2, 0.25) is 0 Å². The highest BCUT2D eigenvalue weighted by molar-refractivity contribution is 6.03. The van der Waals surface area contributed by atoms with Crippen molar-refractivity contribution >= 4 is 17.3 Å². The van der Waals surface area contributed by atoms with E-state index < -0.39 is 0 Å². The predicted molar refractivity (Wildman–Crippen MR) is 151 cm³/mol. The summed E-state index contributed by atoms with van der Waals surface area (Å²) >= 11 is 0. The standard InChI is InChI=1S/C30H36N8O2/c1-29(2)17-33-25-20(15-32-23-8-10-40-16-23)11-24(36-26(25)29)27(39)35-22-6-4-5-21(12-22)30(13-19(14-30)7-9-31)28-37-34-18-38(28)3/h4-6,11-12,18-19,23,32-33H,7-8,10,13-17H2,1-3H3,(H,35,39)/t19-,23-,30+/m1/s1. The van der Waals surface area contributed by atoms with Gasteiger partial charge in [-0.25, -0.2) is 4.98 Å². The molecule has 40 heavy (non-hydrogen) atoms. The van der Waals surface area contributed by atoms with E-state index in [1.54, 1.807) is 6.33 Å². The summed E-state index contributed by atoms with van der Waals surface area (Å²) in [6.07, 6.45) is 4.87. The number of carbonyl (C=O) groups excluding carboxylic acids is 1. The number of rotatable bonds is 8. The molecule has 0 bridgehead atoms. The quantitative estimate of drug-likeness (QED) is 0.395. The first-order chi connectivity index (χ1) is 19.3. The molecule has 1 saturated carbocycles. The van der Waals surface area contributed by atoms with Gasteiger partial charge in [-0.1, -0.05) is 26.0 Å². The van der Waals surface area contributed by atoms with Gasteiger partial charge in [-0.05, 0) is 54.5 Å². The van der Waals surface area contributed by atoms with Gasteiger partial charge in [-0.15, -0.1) is 10.2 Å². The number of anilines is 2. The number of benzene rings is 1. The minimum atomic E-state index is -0.336. The Hall–Kier alpha value is -3.81. The summed E-state index contributed by atoms with van der Waals surface area (Å²) in [7, 11) is 1.95. The molecule has 1 saturated heterocycles. The highest BCUT2D eigenvalue weighted by Crippen LogP contribution is 2.53. The van der Waals surface area contributed by atoms with E-state index in [1.165, 1.54) is 0 Å². The Kier molecular flexibility index (Phi) is 6.80. The van der Waals surface area contributed by atoms with Crippen LogP contribution in [-0.4, -0.2) is 51.5 Å². The number of fused-ring (bicyclic) bond motifs is 1. The third-order valence-corrected chi connectivity index (χ3v) is 8.66. The third kappa shape index (κ3) is 4.73. The summed E-state index contributed by atoms with van der Waals surface area (Å²) in [4.78, 5) is 18.4. The second kappa shape index (κ2) is 10.3. The Balaban J connectivity index is 1.27. The number of nitrogens with zero attached hydrogens (tertiary/aromatic N) is 5. The van der Waals surface area contributed by atoms with Crippen LogP contribution in [0.25, 0.3) is 0 Å². The Morgan fingerprint density at radius 3 is 2.88 bits per heavy atom. The number of aryl methyl sites for hydroxylation is 1. The Labute approximate surface area is 234 Å². The minimum Gasteiger partial charge on any atom is -0.382 e. The van der Waals surface area contributed by atoms with Crippen molar-refractivity contribution in [1.82, 2.24) is 25.1 Å². The molecule has 1 amide bonds. The molecular weight excluding hydrogens is 504 g/mol. The maximum atomic E-state index is 13.6. The van der Waals surface area contributed by atoms with Crippen LogP contribution in [0.4, 0.5) is 11.4 Å². The lowest BCUT2D eigenvalue weighted by molar-refractivity contribution is 0.102. The molecule has 0 spiro atoms. The zero-order chi connectivity index (χ0) is 27.9. The molecule has 10 heteroatoms. The Bertz CT molecular complexity index is 1460. The van der Waals surface area contributed by atoms with Gasteiger partial charge in [-0.3, -0.25) is 4.79 Å². The van der Waals surface area contributed by atoms with Gasteiger partial charge in [0, 0.05) is 50.3 Å². The number of ether oxygens (including phenoxy) is 1. The maximum absolute atomic E-state index is 13.6. The average Bonchev–Trinajstić information content (AvgIpc) is 3.66. The molecule has 3 N–H and O–H groups in total. The van der Waals surface area contributed by atoms with Crippen molar-refractivity contribution in [1.29, 1.82) is 5.26 Å². The molecule has 1 aliphatic carbocycles. The molecule has 3 aliphatic rings. The Morgan fingerprint density at radius 1 is 1.30 bits per heavy atom. The maximum Gasteiger partial charge on any atom is 0.274 e. The normalized spacial score (nSPS) is 24.6. The van der Waals surface area contributed by atoms with Crippen molar-refractivity contribution in [2.24, 2.45) is 13.0 Å². The topological polar surface area (TPSA) is 130 Å². The van der Waals surface area contributed by atoms with Crippen LogP contribution in [0, 0.1) is 17.2 Å². The predicted octanol–water partition coefficient (Wildman–Crippen LogP) is 3.65. The van der Waals surface area contributed by atoms with Crippen LogP contribution in [-0.2, 0) is 29.2 Å². The summed E-state index contributed by atoms with van der Waals surface area (Å²) in [6.45, 7) is 7.21. The summed E-state index contributed by atoms with van der Waals surface area (Å²) in [5.74, 6) is 0.956. The fraction of sp³-hybridized carbons (Fsp3) is 0.500. The summed E-state index contributed by atoms with van der Waals surface area (Å²) in [5.41, 5.74) is 4.65. The van der Waals surface area contributed by atoms with E-state index in [1.807, 2.05) is 35.9 Å². The summed E-state index contributed by atoms with van der Waals surface area (Å²) in [6, 6.07) is 12.5. The van der Waals surface area contributed by atoms with Crippen molar-refractivity contribution in [3.05, 3.63) is 65.0 Å². The van der Waals surface area contributed by atoms with Crippen molar-refractivity contribution in [2.45, 2.75) is 62.9 Å². The summed E-state index contributed by atoms with van der Waals surface area (Å²) < 4.78 is 7.47. The number of nitrogens with one attached hydrogen (secondary N) is 3. The van der Waals surface area contributed by atoms with Crippen molar-refractivity contribution in [2.75, 3.05) is 30.4 Å². The van der Waals surface area contributed by atoms with Gasteiger partial charge in [0.25, 0.3) is 5.91 Å². The van der Waals surface area contributed by atoms with Crippen LogP contribution >= 0.6 is 0 Å². The third-order valence-electron chi connectivity index (χ3n) is 8.66. The van der Waals surface area contributed by atoms with Gasteiger partial charge in [-0.2, -0.15) is 5.26 Å². The molecule has 2 aliphatic heterocycles. The molecule has 6 rings (SSSR count). The first-order valence-corrected chi connectivity index (χ1v) is 14.0. The van der Waals surface area contributed by atoms with Gasteiger partial charge in [0.05, 0.1) is 29.5 Å².